The van der Waals surface area contributed by atoms with Gasteiger partial charge in [-0.1, -0.05) is 0 Å². The molecule has 20 heavy (non-hydrogen) atoms. The van der Waals surface area contributed by atoms with Crippen molar-refractivity contribution in [3.63, 3.8) is 0 Å². The van der Waals surface area contributed by atoms with Gasteiger partial charge in [-0.3, -0.25) is 4.79 Å². The third-order valence-electron chi connectivity index (χ3n) is 2.09. The zero-order chi connectivity index (χ0) is 15.1. The second-order valence-corrected chi connectivity index (χ2v) is 5.71. The molecule has 0 radical (unpaired) electrons. The number of hydrogen-bond acceptors (Lipinski definition) is 7. The summed E-state index contributed by atoms with van der Waals surface area (Å²) >= 11 is 0. The van der Waals surface area contributed by atoms with Crippen LogP contribution in [0.1, 0.15) is 12.8 Å². The van der Waals surface area contributed by atoms with Crippen molar-refractivity contribution in [2.75, 3.05) is 19.5 Å². The smallest absolute Gasteiger partial charge is 0.548 e. The number of rotatable bonds is 9. The van der Waals surface area contributed by atoms with Gasteiger partial charge in [-0.25, -0.2) is 13.1 Å². The zero-order valence-electron chi connectivity index (χ0n) is 11.3. The van der Waals surface area contributed by atoms with Gasteiger partial charge < -0.3 is 25.4 Å². The minimum Gasteiger partial charge on any atom is -0.548 e. The molecule has 0 aliphatic carbocycles. The van der Waals surface area contributed by atoms with Gasteiger partial charge in [-0.15, -0.1) is 0 Å². The van der Waals surface area contributed by atoms with Crippen LogP contribution < -0.4 is 44.7 Å². The third-order valence-corrected chi connectivity index (χ3v) is 2.81. The molecular weight excluding hydrogens is 303 g/mol. The van der Waals surface area contributed by atoms with E-state index in [1.165, 1.54) is 0 Å². The number of nitrogens with one attached hydrogen (secondary N) is 2. The molecule has 0 heterocycles. The maximum Gasteiger partial charge on any atom is 1.00 e. The van der Waals surface area contributed by atoms with Crippen molar-refractivity contribution in [3.05, 3.63) is 0 Å². The molecule has 112 valence electrons. The van der Waals surface area contributed by atoms with Crippen LogP contribution in [0.15, 0.2) is 0 Å². The molecule has 0 aromatic carbocycles. The van der Waals surface area contributed by atoms with E-state index in [4.69, 9.17) is 10.2 Å². The van der Waals surface area contributed by atoms with E-state index >= 15 is 0 Å². The number of carbonyl (C=O) groups excluding carboxylic acids is 2. The molecule has 2 atom stereocenters. The molecule has 0 rings (SSSR count). The van der Waals surface area contributed by atoms with Gasteiger partial charge in [-0.2, -0.15) is 0 Å². The van der Waals surface area contributed by atoms with Crippen LogP contribution in [0.4, 0.5) is 0 Å². The molecule has 0 fully saturated rings. The zero-order valence-corrected chi connectivity index (χ0v) is 14.1. The molecule has 4 N–H and O–H groups in total. The molecule has 0 spiro atoms. The average Bonchev–Trinajstić information content (AvgIpc) is 2.25. The fourth-order valence-electron chi connectivity index (χ4n) is 1.27. The van der Waals surface area contributed by atoms with Crippen molar-refractivity contribution >= 4 is 21.9 Å². The van der Waals surface area contributed by atoms with Gasteiger partial charge in [0.05, 0.1) is 30.9 Å². The molecule has 1 amide bonds. The topological polar surface area (TPSA) is 156 Å². The number of amides is 1. The molecule has 0 aliphatic rings. The van der Waals surface area contributed by atoms with Gasteiger partial charge in [0.15, 0.2) is 0 Å². The first kappa shape index (κ1) is 22.1. The summed E-state index contributed by atoms with van der Waals surface area (Å²) in [6.45, 7) is -0.696. The van der Waals surface area contributed by atoms with E-state index in [0.29, 0.717) is 0 Å². The third kappa shape index (κ3) is 10.5. The van der Waals surface area contributed by atoms with Gasteiger partial charge in [0, 0.05) is 13.0 Å². The maximum atomic E-state index is 11.5. The van der Waals surface area contributed by atoms with Crippen LogP contribution >= 0.6 is 0 Å². The number of carboxylic acids is 1. The fraction of sp³-hybridized carbons (Fsp3) is 0.778. The summed E-state index contributed by atoms with van der Waals surface area (Å²) in [7, 11) is -3.80. The second-order valence-electron chi connectivity index (χ2n) is 3.93. The minimum atomic E-state index is -3.80. The number of sulfonamides is 1. The van der Waals surface area contributed by atoms with Gasteiger partial charge in [0.25, 0.3) is 0 Å². The Morgan fingerprint density at radius 2 is 1.85 bits per heavy atom. The van der Waals surface area contributed by atoms with Crippen molar-refractivity contribution in [1.82, 2.24) is 10.0 Å². The first-order valence-electron chi connectivity index (χ1n) is 5.38. The van der Waals surface area contributed by atoms with E-state index < -0.39 is 47.0 Å². The van der Waals surface area contributed by atoms with Gasteiger partial charge in [0.2, 0.25) is 15.9 Å². The van der Waals surface area contributed by atoms with E-state index in [2.05, 4.69) is 5.32 Å². The van der Waals surface area contributed by atoms with E-state index in [1.807, 2.05) is 0 Å². The summed E-state index contributed by atoms with van der Waals surface area (Å²) < 4.78 is 23.6. The maximum absolute atomic E-state index is 11.5. The predicted octanol–water partition coefficient (Wildman–Crippen LogP) is -7.09. The van der Waals surface area contributed by atoms with Gasteiger partial charge in [-0.05, 0) is 6.42 Å². The van der Waals surface area contributed by atoms with Crippen molar-refractivity contribution in [2.45, 2.75) is 24.9 Å². The fourth-order valence-corrected chi connectivity index (χ4v) is 1.96. The molecule has 0 aromatic rings. The van der Waals surface area contributed by atoms with Crippen molar-refractivity contribution < 1.29 is 62.9 Å². The van der Waals surface area contributed by atoms with Gasteiger partial charge >= 0.3 is 29.6 Å². The Labute approximate surface area is 139 Å². The monoisotopic (exact) mass is 320 g/mol. The normalized spacial score (nSPS) is 13.9. The number of aliphatic hydroxyl groups excluding tert-OH is 2. The van der Waals surface area contributed by atoms with Crippen molar-refractivity contribution in [2.24, 2.45) is 0 Å². The number of carbonyl (C=O) groups is 2. The van der Waals surface area contributed by atoms with Crippen LogP contribution in [-0.4, -0.2) is 62.1 Å². The minimum absolute atomic E-state index is 0. The quantitative estimate of drug-likeness (QED) is 0.307. The predicted molar refractivity (Wildman–Crippen MR) is 62.1 cm³/mol. The van der Waals surface area contributed by atoms with Crippen molar-refractivity contribution in [1.29, 1.82) is 0 Å². The summed E-state index contributed by atoms with van der Waals surface area (Å²) in [6, 6.07) is -2.42. The Bertz CT molecular complexity index is 415. The molecule has 0 bridgehead atoms. The van der Waals surface area contributed by atoms with E-state index in [9.17, 15) is 23.1 Å². The van der Waals surface area contributed by atoms with E-state index in [0.717, 1.165) is 6.26 Å². The summed E-state index contributed by atoms with van der Waals surface area (Å²) in [5, 5.41) is 30.5. The SMILES string of the molecule is CS(=O)(=O)NC(CC(=O)NC(CO)CCO)C(=O)[O-].[Na+]. The number of carboxylic acid groups (broad SMARTS) is 1. The van der Waals surface area contributed by atoms with E-state index in [-0.39, 0.29) is 42.6 Å². The van der Waals surface area contributed by atoms with Crippen LogP contribution in [0.3, 0.4) is 0 Å². The molecule has 9 nitrogen and oxygen atoms in total. The van der Waals surface area contributed by atoms with Crippen LogP contribution in [0, 0.1) is 0 Å². The summed E-state index contributed by atoms with van der Waals surface area (Å²) in [4.78, 5) is 22.1. The Hall–Kier alpha value is -0.230. The van der Waals surface area contributed by atoms with Crippen LogP contribution in [-0.2, 0) is 19.6 Å². The van der Waals surface area contributed by atoms with Crippen molar-refractivity contribution in [3.8, 4) is 0 Å². The van der Waals surface area contributed by atoms with Crippen LogP contribution in [0.2, 0.25) is 0 Å². The Balaban J connectivity index is 0. The second kappa shape index (κ2) is 10.5. The Kier molecular flexibility index (Phi) is 11.6. The van der Waals surface area contributed by atoms with Gasteiger partial charge in [0.1, 0.15) is 0 Å². The first-order valence-corrected chi connectivity index (χ1v) is 7.28. The standard InChI is InChI=1S/C9H18N2O7S.Na/c1-19(17,18)11-7(9(15)16)4-8(14)10-6(5-13)2-3-12;/h6-7,11-13H,2-5H2,1H3,(H,10,14)(H,15,16);/q;+1/p-1. The summed E-state index contributed by atoms with van der Waals surface area (Å²) in [6.07, 6.45) is 0.179. The Morgan fingerprint density at radius 1 is 1.30 bits per heavy atom. The molecule has 0 aliphatic heterocycles. The van der Waals surface area contributed by atoms with Crippen LogP contribution in [0.5, 0.6) is 0 Å². The Morgan fingerprint density at radius 3 is 2.20 bits per heavy atom. The molecule has 0 saturated carbocycles. The van der Waals surface area contributed by atoms with E-state index in [1.54, 1.807) is 4.72 Å². The number of aliphatic hydroxyl groups is 2. The number of aliphatic carboxylic acids is 1. The molecule has 2 unspecified atom stereocenters. The van der Waals surface area contributed by atoms with Crippen LogP contribution in [0.25, 0.3) is 0 Å². The number of hydrogen-bond donors (Lipinski definition) is 4. The average molecular weight is 320 g/mol. The first-order chi connectivity index (χ1) is 8.69. The molecule has 0 aromatic heterocycles. The summed E-state index contributed by atoms with van der Waals surface area (Å²) in [5.41, 5.74) is 0. The molecular formula is C9H17N2NaO7S. The molecule has 0 saturated heterocycles. The molecule has 11 heteroatoms. The summed E-state index contributed by atoms with van der Waals surface area (Å²) in [5.74, 6) is -2.51. The largest absolute Gasteiger partial charge is 1.00 e.